The number of halogens is 1. The molecule has 0 aromatic carbocycles. The van der Waals surface area contributed by atoms with Crippen LogP contribution in [0.25, 0.3) is 0 Å². The van der Waals surface area contributed by atoms with Crippen molar-refractivity contribution in [3.05, 3.63) is 0 Å². The summed E-state index contributed by atoms with van der Waals surface area (Å²) in [6, 6.07) is 0. The minimum Gasteiger partial charge on any atom is -0.396 e. The minimum atomic E-state index is -0.866. The zero-order chi connectivity index (χ0) is 19.5. The Morgan fingerprint density at radius 3 is 2.78 bits per heavy atom. The Kier molecular flexibility index (Phi) is 7.14. The molecule has 3 heterocycles. The van der Waals surface area contributed by atoms with Crippen molar-refractivity contribution in [1.29, 1.82) is 0 Å². The summed E-state index contributed by atoms with van der Waals surface area (Å²) in [6.45, 7) is 6.34. The van der Waals surface area contributed by atoms with Crippen molar-refractivity contribution in [2.75, 3.05) is 19.9 Å². The molecule has 4 rings (SSSR count). The van der Waals surface area contributed by atoms with Gasteiger partial charge in [0.2, 0.25) is 12.1 Å². The SMILES string of the molecule is C[C@@H]1CC[C@@H]([C@@H](C)CCF)[C@]23OO[C@@](C)(CCC12)O[C@H]3OOCCCCO. The molecule has 7 atom stereocenters. The van der Waals surface area contributed by atoms with E-state index in [2.05, 4.69) is 13.8 Å². The summed E-state index contributed by atoms with van der Waals surface area (Å²) < 4.78 is 19.4. The fraction of sp³-hybridized carbons (Fsp3) is 1.00. The van der Waals surface area contributed by atoms with Crippen LogP contribution in [0.15, 0.2) is 0 Å². The van der Waals surface area contributed by atoms with E-state index in [1.165, 1.54) is 0 Å². The van der Waals surface area contributed by atoms with Crippen LogP contribution >= 0.6 is 0 Å². The Labute approximate surface area is 161 Å². The van der Waals surface area contributed by atoms with E-state index in [9.17, 15) is 4.39 Å². The predicted molar refractivity (Wildman–Crippen MR) is 95.9 cm³/mol. The smallest absolute Gasteiger partial charge is 0.227 e. The van der Waals surface area contributed by atoms with E-state index < -0.39 is 17.7 Å². The second-order valence-electron chi connectivity index (χ2n) is 8.71. The molecule has 27 heavy (non-hydrogen) atoms. The van der Waals surface area contributed by atoms with Crippen LogP contribution < -0.4 is 0 Å². The average molecular weight is 390 g/mol. The lowest BCUT2D eigenvalue weighted by molar-refractivity contribution is -0.586. The number of rotatable bonds is 9. The Balaban J connectivity index is 1.84. The van der Waals surface area contributed by atoms with Crippen LogP contribution in [0.1, 0.15) is 65.7 Å². The Hall–Kier alpha value is -0.310. The molecule has 6 nitrogen and oxygen atoms in total. The molecule has 0 aromatic rings. The Bertz CT molecular complexity index is 479. The van der Waals surface area contributed by atoms with Crippen molar-refractivity contribution in [3.63, 3.8) is 0 Å². The maximum atomic E-state index is 13.1. The van der Waals surface area contributed by atoms with E-state index in [0.717, 1.165) is 25.7 Å². The molecule has 1 saturated carbocycles. The summed E-state index contributed by atoms with van der Waals surface area (Å²) in [4.78, 5) is 23.1. The monoisotopic (exact) mass is 390 g/mol. The minimum absolute atomic E-state index is 0.0724. The standard InChI is InChI=1S/C20H35FO6/c1-14-6-7-16(15(2)9-11-21)20-17(14)8-10-19(3,26-27-20)24-18(20)25-23-13-5-4-12-22/h14-18,22H,4-13H2,1-3H3/t14-,15+,16+,17?,18+,19+,20+/m1/s1. The van der Waals surface area contributed by atoms with Crippen LogP contribution in [-0.4, -0.2) is 42.7 Å². The van der Waals surface area contributed by atoms with Crippen LogP contribution in [-0.2, 0) is 24.3 Å². The first kappa shape index (κ1) is 21.4. The van der Waals surface area contributed by atoms with E-state index in [4.69, 9.17) is 29.4 Å². The number of hydrogen-bond donors (Lipinski definition) is 1. The molecule has 4 fully saturated rings. The third kappa shape index (κ3) is 4.19. The van der Waals surface area contributed by atoms with Crippen LogP contribution in [0.5, 0.6) is 0 Å². The molecule has 1 spiro atoms. The maximum Gasteiger partial charge on any atom is 0.227 e. The van der Waals surface area contributed by atoms with Gasteiger partial charge in [-0.1, -0.05) is 13.8 Å². The fourth-order valence-corrected chi connectivity index (χ4v) is 5.21. The first-order valence-corrected chi connectivity index (χ1v) is 10.5. The summed E-state index contributed by atoms with van der Waals surface area (Å²) in [5.41, 5.74) is -0.792. The van der Waals surface area contributed by atoms with Gasteiger partial charge in [0.25, 0.3) is 0 Å². The third-order valence-corrected chi connectivity index (χ3v) is 6.82. The molecule has 7 heteroatoms. The largest absolute Gasteiger partial charge is 0.396 e. The first-order valence-electron chi connectivity index (χ1n) is 10.5. The lowest BCUT2D eigenvalue weighted by Crippen LogP contribution is -2.66. The first-order chi connectivity index (χ1) is 13.0. The van der Waals surface area contributed by atoms with Crippen molar-refractivity contribution in [3.8, 4) is 0 Å². The van der Waals surface area contributed by atoms with Crippen molar-refractivity contribution >= 4 is 0 Å². The number of fused-ring (bicyclic) bond motifs is 3. The number of alkyl halides is 1. The predicted octanol–water partition coefficient (Wildman–Crippen LogP) is 3.92. The van der Waals surface area contributed by atoms with Gasteiger partial charge in [-0.3, -0.25) is 4.39 Å². The van der Waals surface area contributed by atoms with Gasteiger partial charge in [-0.2, -0.15) is 0 Å². The van der Waals surface area contributed by atoms with Crippen LogP contribution in [0.4, 0.5) is 4.39 Å². The van der Waals surface area contributed by atoms with Gasteiger partial charge in [-0.25, -0.2) is 19.6 Å². The molecular weight excluding hydrogens is 355 g/mol. The summed E-state index contributed by atoms with van der Waals surface area (Å²) in [6.07, 6.45) is 4.77. The van der Waals surface area contributed by atoms with Gasteiger partial charge in [0.05, 0.1) is 13.3 Å². The molecule has 4 aliphatic rings. The Morgan fingerprint density at radius 2 is 2.04 bits per heavy atom. The molecular formula is C20H35FO6. The highest BCUT2D eigenvalue weighted by Crippen LogP contribution is 2.58. The molecule has 158 valence electrons. The number of hydrogen-bond acceptors (Lipinski definition) is 6. The second kappa shape index (κ2) is 9.01. The highest BCUT2D eigenvalue weighted by atomic mass is 19.1. The number of aliphatic hydroxyl groups is 1. The van der Waals surface area contributed by atoms with Crippen molar-refractivity contribution in [2.45, 2.75) is 83.4 Å². The van der Waals surface area contributed by atoms with Crippen molar-refractivity contribution in [2.24, 2.45) is 23.7 Å². The molecule has 0 amide bonds. The number of unbranched alkanes of at least 4 members (excludes halogenated alkanes) is 1. The van der Waals surface area contributed by atoms with Crippen molar-refractivity contribution < 1.29 is 33.8 Å². The molecule has 2 bridgehead atoms. The van der Waals surface area contributed by atoms with Gasteiger partial charge in [0, 0.05) is 13.0 Å². The molecule has 3 aliphatic heterocycles. The lowest BCUT2D eigenvalue weighted by atomic mass is 9.59. The van der Waals surface area contributed by atoms with Gasteiger partial charge >= 0.3 is 0 Å². The van der Waals surface area contributed by atoms with Gasteiger partial charge in [-0.05, 0) is 69.1 Å². The van der Waals surface area contributed by atoms with Crippen LogP contribution in [0, 0.1) is 23.7 Å². The fourth-order valence-electron chi connectivity index (χ4n) is 5.21. The molecule has 1 unspecified atom stereocenters. The topological polar surface area (TPSA) is 66.4 Å². The normalized spacial score (nSPS) is 42.6. The summed E-state index contributed by atoms with van der Waals surface area (Å²) in [5.74, 6) is -0.0288. The van der Waals surface area contributed by atoms with E-state index in [1.54, 1.807) is 0 Å². The zero-order valence-corrected chi connectivity index (χ0v) is 16.8. The van der Waals surface area contributed by atoms with E-state index in [-0.39, 0.29) is 31.0 Å². The van der Waals surface area contributed by atoms with E-state index >= 15 is 0 Å². The van der Waals surface area contributed by atoms with E-state index in [0.29, 0.717) is 31.8 Å². The molecule has 0 aromatic heterocycles. The lowest BCUT2D eigenvalue weighted by Gasteiger charge is -2.55. The summed E-state index contributed by atoms with van der Waals surface area (Å²) in [5, 5.41) is 8.91. The second-order valence-corrected chi connectivity index (χ2v) is 8.71. The van der Waals surface area contributed by atoms with Gasteiger partial charge in [0.1, 0.15) is 0 Å². The molecule has 0 radical (unpaired) electrons. The van der Waals surface area contributed by atoms with Crippen LogP contribution in [0.3, 0.4) is 0 Å². The summed E-state index contributed by atoms with van der Waals surface area (Å²) in [7, 11) is 0. The Morgan fingerprint density at radius 1 is 1.22 bits per heavy atom. The highest BCUT2D eigenvalue weighted by molar-refractivity contribution is 5.06. The molecule has 3 saturated heterocycles. The zero-order valence-electron chi connectivity index (χ0n) is 16.8. The van der Waals surface area contributed by atoms with Gasteiger partial charge in [0.15, 0.2) is 5.60 Å². The number of aliphatic hydroxyl groups excluding tert-OH is 1. The molecule has 1 aliphatic carbocycles. The quantitative estimate of drug-likeness (QED) is 0.366. The van der Waals surface area contributed by atoms with Crippen LogP contribution in [0.2, 0.25) is 0 Å². The van der Waals surface area contributed by atoms with Gasteiger partial charge in [-0.15, -0.1) is 0 Å². The van der Waals surface area contributed by atoms with Gasteiger partial charge < -0.3 is 9.84 Å². The average Bonchev–Trinajstić information content (AvgIpc) is 2.87. The maximum absolute atomic E-state index is 13.1. The van der Waals surface area contributed by atoms with Crippen molar-refractivity contribution in [1.82, 2.24) is 0 Å². The highest BCUT2D eigenvalue weighted by Gasteiger charge is 2.66. The summed E-state index contributed by atoms with van der Waals surface area (Å²) >= 11 is 0. The van der Waals surface area contributed by atoms with E-state index in [1.807, 2.05) is 6.92 Å². The number of ether oxygens (including phenoxy) is 1. The third-order valence-electron chi connectivity index (χ3n) is 6.82. The molecule has 1 N–H and O–H groups in total.